The molecule has 186 valence electrons. The van der Waals surface area contributed by atoms with Gasteiger partial charge in [0.05, 0.1) is 29.4 Å². The molecular weight excluding hydrogens is 503 g/mol. The third-order valence-electron chi connectivity index (χ3n) is 6.46. The van der Waals surface area contributed by atoms with Crippen LogP contribution in [0.3, 0.4) is 0 Å². The van der Waals surface area contributed by atoms with Gasteiger partial charge in [0.25, 0.3) is 0 Å². The maximum Gasteiger partial charge on any atom is 0.156 e. The van der Waals surface area contributed by atoms with Gasteiger partial charge in [-0.1, -0.05) is 59.6 Å². The lowest BCUT2D eigenvalue weighted by Gasteiger charge is -2.30. The van der Waals surface area contributed by atoms with E-state index >= 15 is 0 Å². The summed E-state index contributed by atoms with van der Waals surface area (Å²) in [6.07, 6.45) is 5.18. The molecule has 0 radical (unpaired) electrons. The fourth-order valence-electron chi connectivity index (χ4n) is 4.65. The van der Waals surface area contributed by atoms with E-state index in [0.29, 0.717) is 40.0 Å². The van der Waals surface area contributed by atoms with E-state index in [4.69, 9.17) is 28.2 Å². The number of aliphatic hydroxyl groups is 1. The Hall–Kier alpha value is -3.48. The minimum Gasteiger partial charge on any atom is -0.374 e. The zero-order valence-corrected chi connectivity index (χ0v) is 21.8. The monoisotopic (exact) mass is 528 g/mol. The van der Waals surface area contributed by atoms with Crippen LogP contribution in [0.4, 0.5) is 0 Å². The Balaban J connectivity index is 1.75. The van der Waals surface area contributed by atoms with E-state index in [9.17, 15) is 5.11 Å². The van der Waals surface area contributed by atoms with Crippen LogP contribution < -0.4 is 5.32 Å². The number of imidazole rings is 1. The quantitative estimate of drug-likeness (QED) is 0.178. The molecule has 0 aliphatic heterocycles. The van der Waals surface area contributed by atoms with Gasteiger partial charge >= 0.3 is 0 Å². The van der Waals surface area contributed by atoms with Gasteiger partial charge < -0.3 is 15.0 Å². The van der Waals surface area contributed by atoms with Crippen LogP contribution in [-0.2, 0) is 19.2 Å². The molecule has 0 saturated carbocycles. The highest BCUT2D eigenvalue weighted by molar-refractivity contribution is 6.31. The number of nitrogens with zero attached hydrogens (tertiary/aromatic N) is 3. The summed E-state index contributed by atoms with van der Waals surface area (Å²) < 4.78 is 1.82. The zero-order valence-electron chi connectivity index (χ0n) is 20.3. The van der Waals surface area contributed by atoms with Crippen LogP contribution >= 0.6 is 23.2 Å². The van der Waals surface area contributed by atoms with E-state index in [-0.39, 0.29) is 0 Å². The van der Waals surface area contributed by atoms with Crippen molar-refractivity contribution in [1.29, 1.82) is 0 Å². The average Bonchev–Trinajstić information content (AvgIpc) is 3.34. The largest absolute Gasteiger partial charge is 0.374 e. The van der Waals surface area contributed by atoms with Crippen molar-refractivity contribution in [3.63, 3.8) is 0 Å². The van der Waals surface area contributed by atoms with Crippen LogP contribution in [0.2, 0.25) is 10.0 Å². The van der Waals surface area contributed by atoms with E-state index in [1.165, 1.54) is 0 Å². The minimum absolute atomic E-state index is 0.597. The van der Waals surface area contributed by atoms with E-state index in [1.54, 1.807) is 24.7 Å². The Labute approximate surface area is 226 Å². The molecule has 5 aromatic rings. The first-order valence-electron chi connectivity index (χ1n) is 11.9. The molecule has 0 fully saturated rings. The number of aromatic nitrogens is 3. The summed E-state index contributed by atoms with van der Waals surface area (Å²) in [7, 11) is 1.87. The van der Waals surface area contributed by atoms with Crippen molar-refractivity contribution in [3.8, 4) is 11.1 Å². The first-order chi connectivity index (χ1) is 17.9. The molecule has 0 aliphatic rings. The summed E-state index contributed by atoms with van der Waals surface area (Å²) in [6.45, 7) is 5.05. The summed E-state index contributed by atoms with van der Waals surface area (Å²) in [6, 6.07) is 22.9. The molecule has 0 aliphatic carbocycles. The minimum atomic E-state index is -1.47. The van der Waals surface area contributed by atoms with Gasteiger partial charge in [-0.2, -0.15) is 0 Å². The fraction of sp³-hybridized carbons (Fsp3) is 0.133. The predicted molar refractivity (Wildman–Crippen MR) is 151 cm³/mol. The molecule has 1 atom stereocenters. The number of rotatable bonds is 8. The summed E-state index contributed by atoms with van der Waals surface area (Å²) >= 11 is 12.5. The zero-order chi connectivity index (χ0) is 26.0. The molecule has 7 heteroatoms. The lowest BCUT2D eigenvalue weighted by molar-refractivity contribution is 0.117. The molecule has 5 rings (SSSR count). The SMILES string of the molecule is C=CCNCc1cc(-c2cccc(Cl)c2)c2cc(C(O)(c3ccc(Cl)cc3)c3cncn3C)ccc2n1. The summed E-state index contributed by atoms with van der Waals surface area (Å²) in [5.41, 5.74) is 4.20. The molecule has 0 saturated heterocycles. The lowest BCUT2D eigenvalue weighted by Crippen LogP contribution is -2.31. The molecule has 2 N–H and O–H groups in total. The molecule has 1 unspecified atom stereocenters. The molecule has 0 amide bonds. The van der Waals surface area contributed by atoms with E-state index < -0.39 is 5.60 Å². The summed E-state index contributed by atoms with van der Waals surface area (Å²) in [5.74, 6) is 0. The maximum absolute atomic E-state index is 12.4. The molecule has 0 bridgehead atoms. The molecule has 0 spiro atoms. The first kappa shape index (κ1) is 25.2. The maximum atomic E-state index is 12.4. The molecule has 37 heavy (non-hydrogen) atoms. The van der Waals surface area contributed by atoms with Gasteiger partial charge in [0.15, 0.2) is 5.60 Å². The van der Waals surface area contributed by atoms with Crippen LogP contribution in [0.15, 0.2) is 98.0 Å². The highest BCUT2D eigenvalue weighted by Crippen LogP contribution is 2.40. The number of pyridine rings is 1. The smallest absolute Gasteiger partial charge is 0.156 e. The van der Waals surface area contributed by atoms with Crippen LogP contribution in [0.25, 0.3) is 22.0 Å². The second kappa shape index (κ2) is 10.5. The second-order valence-corrected chi connectivity index (χ2v) is 9.80. The van der Waals surface area contributed by atoms with Crippen LogP contribution in [0.1, 0.15) is 22.5 Å². The summed E-state index contributed by atoms with van der Waals surface area (Å²) in [4.78, 5) is 9.17. The van der Waals surface area contributed by atoms with Crippen LogP contribution in [0, 0.1) is 0 Å². The van der Waals surface area contributed by atoms with Crippen molar-refractivity contribution >= 4 is 34.1 Å². The van der Waals surface area contributed by atoms with Crippen molar-refractivity contribution in [2.24, 2.45) is 7.05 Å². The lowest BCUT2D eigenvalue weighted by atomic mass is 9.82. The number of fused-ring (bicyclic) bond motifs is 1. The Bertz CT molecular complexity index is 1580. The standard InChI is InChI=1S/C30H26Cl2N4O/c1-3-13-33-17-25-16-26(20-5-4-6-24(32)14-20)27-15-22(9-12-28(27)35-25)30(37,29-18-34-19-36(29)2)21-7-10-23(31)11-8-21/h3-12,14-16,18-19,33,37H,1,13,17H2,2H3. The molecule has 5 nitrogen and oxygen atoms in total. The Morgan fingerprint density at radius 1 is 1.00 bits per heavy atom. The van der Waals surface area contributed by atoms with E-state index in [0.717, 1.165) is 27.7 Å². The Morgan fingerprint density at radius 3 is 2.49 bits per heavy atom. The Kier molecular flexibility index (Phi) is 7.13. The molecule has 3 aromatic carbocycles. The van der Waals surface area contributed by atoms with Gasteiger partial charge in [0.1, 0.15) is 0 Å². The Morgan fingerprint density at radius 2 is 1.78 bits per heavy atom. The van der Waals surface area contributed by atoms with E-state index in [2.05, 4.69) is 22.9 Å². The fourth-order valence-corrected chi connectivity index (χ4v) is 4.97. The molecule has 2 heterocycles. The van der Waals surface area contributed by atoms with Crippen molar-refractivity contribution < 1.29 is 5.11 Å². The molecule has 2 aromatic heterocycles. The van der Waals surface area contributed by atoms with Crippen molar-refractivity contribution in [2.75, 3.05) is 6.54 Å². The topological polar surface area (TPSA) is 63.0 Å². The van der Waals surface area contributed by atoms with Crippen molar-refractivity contribution in [1.82, 2.24) is 19.9 Å². The summed E-state index contributed by atoms with van der Waals surface area (Å²) in [5, 5.41) is 17.9. The second-order valence-electron chi connectivity index (χ2n) is 8.93. The third-order valence-corrected chi connectivity index (χ3v) is 6.95. The van der Waals surface area contributed by atoms with Gasteiger partial charge in [-0.3, -0.25) is 4.98 Å². The average molecular weight is 529 g/mol. The number of hydrogen-bond acceptors (Lipinski definition) is 4. The highest BCUT2D eigenvalue weighted by Gasteiger charge is 2.37. The normalized spacial score (nSPS) is 13.0. The number of hydrogen-bond donors (Lipinski definition) is 2. The number of nitrogens with one attached hydrogen (secondary N) is 1. The first-order valence-corrected chi connectivity index (χ1v) is 12.6. The van der Waals surface area contributed by atoms with E-state index in [1.807, 2.05) is 72.3 Å². The number of halogens is 2. The van der Waals surface area contributed by atoms with Gasteiger partial charge in [-0.05, 0) is 64.7 Å². The van der Waals surface area contributed by atoms with Crippen molar-refractivity contribution in [2.45, 2.75) is 12.1 Å². The van der Waals surface area contributed by atoms with Crippen molar-refractivity contribution in [3.05, 3.63) is 131 Å². The van der Waals surface area contributed by atoms with Gasteiger partial charge in [0.2, 0.25) is 0 Å². The highest BCUT2D eigenvalue weighted by atomic mass is 35.5. The predicted octanol–water partition coefficient (Wildman–Crippen LogP) is 6.50. The van der Waals surface area contributed by atoms with Crippen LogP contribution in [0.5, 0.6) is 0 Å². The third kappa shape index (κ3) is 4.91. The number of aryl methyl sites for hydroxylation is 1. The van der Waals surface area contributed by atoms with Crippen LogP contribution in [-0.4, -0.2) is 26.2 Å². The molecular formula is C30H26Cl2N4O. The van der Waals surface area contributed by atoms with Gasteiger partial charge in [0, 0.05) is 35.6 Å². The van der Waals surface area contributed by atoms with Gasteiger partial charge in [-0.25, -0.2) is 4.98 Å². The number of benzene rings is 3. The van der Waals surface area contributed by atoms with Gasteiger partial charge in [-0.15, -0.1) is 6.58 Å².